The Morgan fingerprint density at radius 3 is 1.36 bits per heavy atom. The number of rotatable bonds is 0. The summed E-state index contributed by atoms with van der Waals surface area (Å²) in [4.78, 5) is 0. The fourth-order valence-electron chi connectivity index (χ4n) is 4.47. The molecule has 4 aromatic carbocycles. The number of benzene rings is 4. The van der Waals surface area contributed by atoms with E-state index in [1.54, 1.807) is 35.4 Å². The fraction of sp³-hybridized carbons (Fsp3) is 0.0833. The molecule has 0 aliphatic rings. The van der Waals surface area contributed by atoms with Gasteiger partial charge in [0.25, 0.3) is 0 Å². The van der Waals surface area contributed by atoms with Gasteiger partial charge in [0.2, 0.25) is 0 Å². The first-order valence-electron chi connectivity index (χ1n) is 9.20. The molecule has 0 bridgehead atoms. The van der Waals surface area contributed by atoms with Crippen LogP contribution < -0.4 is 0 Å². The number of halogens is 2. The van der Waals surface area contributed by atoms with Crippen LogP contribution in [-0.2, 0) is 14.1 Å². The van der Waals surface area contributed by atoms with Gasteiger partial charge in [-0.3, -0.25) is 0 Å². The largest absolute Gasteiger partial charge is 0.321 e. The van der Waals surface area contributed by atoms with Gasteiger partial charge in [-0.15, -0.1) is 0 Å². The summed E-state index contributed by atoms with van der Waals surface area (Å²) in [6.07, 6.45) is 0. The van der Waals surface area contributed by atoms with Crippen molar-refractivity contribution < 1.29 is 8.78 Å². The van der Waals surface area contributed by atoms with Gasteiger partial charge < -0.3 is 9.13 Å². The quantitative estimate of drug-likeness (QED) is 0.274. The van der Waals surface area contributed by atoms with Gasteiger partial charge in [0.05, 0.1) is 11.0 Å². The van der Waals surface area contributed by atoms with E-state index in [9.17, 15) is 8.78 Å². The van der Waals surface area contributed by atoms with Gasteiger partial charge in [0.1, 0.15) is 0 Å². The minimum atomic E-state index is -0.242. The van der Waals surface area contributed by atoms with E-state index in [-0.39, 0.29) is 11.9 Å². The third kappa shape index (κ3) is 1.89. The van der Waals surface area contributed by atoms with Crippen LogP contribution in [0.5, 0.6) is 0 Å². The van der Waals surface area contributed by atoms with E-state index in [0.717, 1.165) is 54.1 Å². The van der Waals surface area contributed by atoms with Crippen LogP contribution in [0.2, 0.25) is 0 Å². The minimum Gasteiger partial charge on any atom is -0.321 e. The van der Waals surface area contributed by atoms with Crippen LogP contribution in [0, 0.1) is 11.9 Å². The molecule has 0 saturated carbocycles. The predicted octanol–water partition coefficient (Wildman–Crippen LogP) is 6.41. The molecule has 6 rings (SSSR count). The van der Waals surface area contributed by atoms with E-state index >= 15 is 0 Å². The first-order chi connectivity index (χ1) is 13.5. The zero-order valence-electron chi connectivity index (χ0n) is 15.4. The van der Waals surface area contributed by atoms with Crippen molar-refractivity contribution in [3.63, 3.8) is 0 Å². The molecular formula is C24H16F2N2. The van der Waals surface area contributed by atoms with Gasteiger partial charge in [-0.1, -0.05) is 24.3 Å². The molecular weight excluding hydrogens is 354 g/mol. The molecule has 0 amide bonds. The van der Waals surface area contributed by atoms with Crippen molar-refractivity contribution in [2.75, 3.05) is 0 Å². The summed E-state index contributed by atoms with van der Waals surface area (Å²) >= 11 is 0. The average molecular weight is 370 g/mol. The highest BCUT2D eigenvalue weighted by molar-refractivity contribution is 6.20. The molecule has 0 aliphatic carbocycles. The van der Waals surface area contributed by atoms with Gasteiger partial charge in [-0.2, -0.15) is 8.78 Å². The molecule has 0 atom stereocenters. The molecule has 0 radical (unpaired) electrons. The summed E-state index contributed by atoms with van der Waals surface area (Å²) in [7, 11) is 3.48. The SMILES string of the molecule is Cn1c(F)cc2cc3c(ccc4c5cc6cc(F)n(C)c6cc5ccc34)cc21. The molecule has 0 aliphatic heterocycles. The van der Waals surface area contributed by atoms with Crippen LogP contribution in [0.3, 0.4) is 0 Å². The predicted molar refractivity (Wildman–Crippen MR) is 112 cm³/mol. The van der Waals surface area contributed by atoms with Gasteiger partial charge in [0.15, 0.2) is 11.9 Å². The first kappa shape index (κ1) is 15.6. The zero-order valence-corrected chi connectivity index (χ0v) is 15.4. The summed E-state index contributed by atoms with van der Waals surface area (Å²) < 4.78 is 31.2. The van der Waals surface area contributed by atoms with Gasteiger partial charge >= 0.3 is 0 Å². The summed E-state index contributed by atoms with van der Waals surface area (Å²) in [5.41, 5.74) is 1.76. The lowest BCUT2D eigenvalue weighted by molar-refractivity contribution is 0.542. The number of aryl methyl sites for hydroxylation is 2. The van der Waals surface area contributed by atoms with Crippen molar-refractivity contribution in [1.82, 2.24) is 9.13 Å². The molecule has 0 fully saturated rings. The van der Waals surface area contributed by atoms with Crippen LogP contribution in [0.15, 0.2) is 60.7 Å². The summed E-state index contributed by atoms with van der Waals surface area (Å²) in [5, 5.41) is 8.36. The van der Waals surface area contributed by atoms with Crippen LogP contribution in [0.25, 0.3) is 54.1 Å². The van der Waals surface area contributed by atoms with Crippen molar-refractivity contribution in [1.29, 1.82) is 0 Å². The maximum absolute atomic E-state index is 14.0. The Hall–Kier alpha value is -3.40. The van der Waals surface area contributed by atoms with Crippen molar-refractivity contribution in [3.05, 3.63) is 72.6 Å². The first-order valence-corrected chi connectivity index (χ1v) is 9.20. The van der Waals surface area contributed by atoms with E-state index in [0.29, 0.717) is 0 Å². The lowest BCUT2D eigenvalue weighted by Crippen LogP contribution is -1.90. The second-order valence-corrected chi connectivity index (χ2v) is 7.54. The summed E-state index contributed by atoms with van der Waals surface area (Å²) in [6, 6.07) is 19.7. The lowest BCUT2D eigenvalue weighted by atomic mass is 9.95. The third-order valence-corrected chi connectivity index (χ3v) is 6.04. The monoisotopic (exact) mass is 370 g/mol. The topological polar surface area (TPSA) is 9.86 Å². The Morgan fingerprint density at radius 1 is 0.500 bits per heavy atom. The fourth-order valence-corrected chi connectivity index (χ4v) is 4.47. The number of nitrogens with zero attached hydrogens (tertiary/aromatic N) is 2. The number of aromatic nitrogens is 2. The summed E-state index contributed by atoms with van der Waals surface area (Å²) in [6.45, 7) is 0. The van der Waals surface area contributed by atoms with Crippen molar-refractivity contribution in [2.45, 2.75) is 0 Å². The van der Waals surface area contributed by atoms with E-state index < -0.39 is 0 Å². The second kappa shape index (κ2) is 5.10. The van der Waals surface area contributed by atoms with E-state index in [2.05, 4.69) is 36.4 Å². The highest BCUT2D eigenvalue weighted by Gasteiger charge is 2.12. The van der Waals surface area contributed by atoms with Crippen molar-refractivity contribution in [2.24, 2.45) is 14.1 Å². The van der Waals surface area contributed by atoms with Crippen LogP contribution >= 0.6 is 0 Å². The number of fused-ring (bicyclic) bond motifs is 7. The van der Waals surface area contributed by atoms with Gasteiger partial charge in [-0.05, 0) is 56.6 Å². The molecule has 0 saturated heterocycles. The second-order valence-electron chi connectivity index (χ2n) is 7.54. The normalized spacial score (nSPS) is 12.3. The molecule has 0 spiro atoms. The Kier molecular flexibility index (Phi) is 2.85. The van der Waals surface area contributed by atoms with Crippen LogP contribution in [-0.4, -0.2) is 9.13 Å². The number of hydrogen-bond acceptors (Lipinski definition) is 0. The van der Waals surface area contributed by atoms with Crippen LogP contribution in [0.4, 0.5) is 8.78 Å². The van der Waals surface area contributed by atoms with Gasteiger partial charge in [0, 0.05) is 37.0 Å². The van der Waals surface area contributed by atoms with Crippen LogP contribution in [0.1, 0.15) is 0 Å². The Balaban J connectivity index is 1.77. The highest BCUT2D eigenvalue weighted by Crippen LogP contribution is 2.35. The average Bonchev–Trinajstić information content (AvgIpc) is 3.13. The van der Waals surface area contributed by atoms with E-state index in [1.165, 1.54) is 0 Å². The standard InChI is InChI=1S/C24H16F2N2/c1-27-21-9-13-3-5-18-17(19(13)7-15(21)11-23(27)25)6-4-14-10-22-16(8-20(14)18)12-24(26)28(22)2/h3-12H,1-2H3. The smallest absolute Gasteiger partial charge is 0.194 e. The molecule has 4 heteroatoms. The molecule has 28 heavy (non-hydrogen) atoms. The van der Waals surface area contributed by atoms with E-state index in [1.807, 2.05) is 12.1 Å². The third-order valence-electron chi connectivity index (χ3n) is 6.04. The Bertz CT molecular complexity index is 1480. The maximum Gasteiger partial charge on any atom is 0.194 e. The molecule has 2 nitrogen and oxygen atoms in total. The maximum atomic E-state index is 14.0. The lowest BCUT2D eigenvalue weighted by Gasteiger charge is -2.09. The molecule has 0 N–H and O–H groups in total. The van der Waals surface area contributed by atoms with Crippen molar-refractivity contribution >= 4 is 54.1 Å². The Labute approximate surface area is 159 Å². The molecule has 2 heterocycles. The molecule has 2 aromatic heterocycles. The van der Waals surface area contributed by atoms with Gasteiger partial charge in [-0.25, -0.2) is 0 Å². The zero-order chi connectivity index (χ0) is 19.2. The molecule has 136 valence electrons. The van der Waals surface area contributed by atoms with E-state index in [4.69, 9.17) is 0 Å². The highest BCUT2D eigenvalue weighted by atomic mass is 19.1. The van der Waals surface area contributed by atoms with Crippen molar-refractivity contribution in [3.8, 4) is 0 Å². The molecule has 0 unspecified atom stereocenters. The Morgan fingerprint density at radius 2 is 0.929 bits per heavy atom. The minimum absolute atomic E-state index is 0.242. The molecule has 6 aromatic rings. The summed E-state index contributed by atoms with van der Waals surface area (Å²) in [5.74, 6) is -0.484. The number of hydrogen-bond donors (Lipinski definition) is 0.